The van der Waals surface area contributed by atoms with Crippen LogP contribution in [0.4, 0.5) is 0 Å². The van der Waals surface area contributed by atoms with Gasteiger partial charge < -0.3 is 10.5 Å². The first-order chi connectivity index (χ1) is 9.24. The Bertz CT molecular complexity index is 525. The predicted molar refractivity (Wildman–Crippen MR) is 80.8 cm³/mol. The third kappa shape index (κ3) is 3.52. The molecule has 0 aliphatic heterocycles. The molecule has 0 heterocycles. The number of hydrogen-bond acceptors (Lipinski definition) is 3. The molecule has 100 valence electrons. The SMILES string of the molecule is CC[C@@H](N)c1ccc(Sc2ccccc2OC)cc1. The van der Waals surface area contributed by atoms with Gasteiger partial charge in [0.05, 0.1) is 12.0 Å². The molecule has 0 radical (unpaired) electrons. The van der Waals surface area contributed by atoms with Crippen molar-refractivity contribution in [2.45, 2.75) is 29.2 Å². The number of benzene rings is 2. The van der Waals surface area contributed by atoms with E-state index >= 15 is 0 Å². The smallest absolute Gasteiger partial charge is 0.132 e. The van der Waals surface area contributed by atoms with E-state index in [1.165, 1.54) is 10.5 Å². The van der Waals surface area contributed by atoms with E-state index in [9.17, 15) is 0 Å². The molecule has 0 unspecified atom stereocenters. The minimum atomic E-state index is 0.130. The van der Waals surface area contributed by atoms with Gasteiger partial charge in [-0.1, -0.05) is 43.0 Å². The number of ether oxygens (including phenoxy) is 1. The van der Waals surface area contributed by atoms with Gasteiger partial charge in [-0.05, 0) is 36.2 Å². The van der Waals surface area contributed by atoms with E-state index in [-0.39, 0.29) is 6.04 Å². The molecule has 0 spiro atoms. The number of para-hydroxylation sites is 1. The Labute approximate surface area is 119 Å². The topological polar surface area (TPSA) is 35.2 Å². The summed E-state index contributed by atoms with van der Waals surface area (Å²) in [7, 11) is 1.70. The van der Waals surface area contributed by atoms with Gasteiger partial charge in [0.1, 0.15) is 5.75 Å². The Morgan fingerprint density at radius 2 is 1.79 bits per heavy atom. The quantitative estimate of drug-likeness (QED) is 0.884. The molecule has 0 aliphatic rings. The first-order valence-corrected chi connectivity index (χ1v) is 7.22. The highest BCUT2D eigenvalue weighted by Crippen LogP contribution is 2.34. The summed E-state index contributed by atoms with van der Waals surface area (Å²) in [6, 6.07) is 16.6. The third-order valence-corrected chi connectivity index (χ3v) is 4.11. The van der Waals surface area contributed by atoms with Crippen molar-refractivity contribution in [3.63, 3.8) is 0 Å². The molecule has 2 nitrogen and oxygen atoms in total. The Kier molecular flexibility index (Phi) is 4.88. The number of nitrogens with two attached hydrogens (primary N) is 1. The average molecular weight is 273 g/mol. The summed E-state index contributed by atoms with van der Waals surface area (Å²) in [6.07, 6.45) is 0.957. The molecule has 0 bridgehead atoms. The molecule has 19 heavy (non-hydrogen) atoms. The van der Waals surface area contributed by atoms with Gasteiger partial charge in [0, 0.05) is 10.9 Å². The highest BCUT2D eigenvalue weighted by molar-refractivity contribution is 7.99. The van der Waals surface area contributed by atoms with Crippen molar-refractivity contribution < 1.29 is 4.74 Å². The van der Waals surface area contributed by atoms with Crippen LogP contribution in [0.1, 0.15) is 24.9 Å². The Morgan fingerprint density at radius 1 is 1.11 bits per heavy atom. The molecule has 2 aromatic rings. The highest BCUT2D eigenvalue weighted by atomic mass is 32.2. The van der Waals surface area contributed by atoms with Crippen LogP contribution >= 0.6 is 11.8 Å². The molecule has 0 fully saturated rings. The van der Waals surface area contributed by atoms with Crippen molar-refractivity contribution in [3.05, 3.63) is 54.1 Å². The summed E-state index contributed by atoms with van der Waals surface area (Å²) in [5.74, 6) is 0.904. The van der Waals surface area contributed by atoms with Crippen LogP contribution in [0.3, 0.4) is 0 Å². The molecule has 3 heteroatoms. The molecule has 0 saturated heterocycles. The Morgan fingerprint density at radius 3 is 2.42 bits per heavy atom. The van der Waals surface area contributed by atoms with Crippen molar-refractivity contribution in [2.24, 2.45) is 5.73 Å². The second-order valence-electron chi connectivity index (χ2n) is 4.34. The van der Waals surface area contributed by atoms with Crippen LogP contribution in [0, 0.1) is 0 Å². The van der Waals surface area contributed by atoms with Crippen molar-refractivity contribution in [1.82, 2.24) is 0 Å². The van der Waals surface area contributed by atoms with E-state index in [1.54, 1.807) is 18.9 Å². The van der Waals surface area contributed by atoms with Gasteiger partial charge in [-0.15, -0.1) is 0 Å². The maximum atomic E-state index is 6.02. The van der Waals surface area contributed by atoms with Crippen LogP contribution in [0.5, 0.6) is 5.75 Å². The first-order valence-electron chi connectivity index (χ1n) is 6.41. The lowest BCUT2D eigenvalue weighted by Crippen LogP contribution is -2.07. The van der Waals surface area contributed by atoms with E-state index in [4.69, 9.17) is 10.5 Å². The minimum Gasteiger partial charge on any atom is -0.496 e. The van der Waals surface area contributed by atoms with Crippen molar-refractivity contribution >= 4 is 11.8 Å². The molecule has 0 aromatic heterocycles. The summed E-state index contributed by atoms with van der Waals surface area (Å²) in [5, 5.41) is 0. The number of rotatable bonds is 5. The highest BCUT2D eigenvalue weighted by Gasteiger charge is 2.06. The van der Waals surface area contributed by atoms with Gasteiger partial charge in [-0.2, -0.15) is 0 Å². The fraction of sp³-hybridized carbons (Fsp3) is 0.250. The van der Waals surface area contributed by atoms with Crippen LogP contribution in [-0.2, 0) is 0 Å². The normalized spacial score (nSPS) is 12.2. The fourth-order valence-corrected chi connectivity index (χ4v) is 2.77. The van der Waals surface area contributed by atoms with Crippen molar-refractivity contribution in [3.8, 4) is 5.75 Å². The second kappa shape index (κ2) is 6.64. The van der Waals surface area contributed by atoms with Crippen LogP contribution in [0.25, 0.3) is 0 Å². The molecule has 2 rings (SSSR count). The number of hydrogen-bond donors (Lipinski definition) is 1. The zero-order valence-electron chi connectivity index (χ0n) is 11.3. The van der Waals surface area contributed by atoms with E-state index < -0.39 is 0 Å². The maximum Gasteiger partial charge on any atom is 0.132 e. The summed E-state index contributed by atoms with van der Waals surface area (Å²) in [4.78, 5) is 2.31. The Balaban J connectivity index is 2.15. The number of methoxy groups -OCH3 is 1. The van der Waals surface area contributed by atoms with E-state index in [1.807, 2.05) is 18.2 Å². The van der Waals surface area contributed by atoms with Crippen LogP contribution in [-0.4, -0.2) is 7.11 Å². The predicted octanol–water partition coefficient (Wildman–Crippen LogP) is 4.26. The lowest BCUT2D eigenvalue weighted by molar-refractivity contribution is 0.405. The van der Waals surface area contributed by atoms with Gasteiger partial charge in [0.15, 0.2) is 0 Å². The van der Waals surface area contributed by atoms with Crippen LogP contribution in [0.2, 0.25) is 0 Å². The average Bonchev–Trinajstić information content (AvgIpc) is 2.48. The minimum absolute atomic E-state index is 0.130. The first kappa shape index (κ1) is 14.0. The van der Waals surface area contributed by atoms with Gasteiger partial charge in [-0.25, -0.2) is 0 Å². The zero-order chi connectivity index (χ0) is 13.7. The van der Waals surface area contributed by atoms with E-state index in [2.05, 4.69) is 37.3 Å². The molecule has 0 amide bonds. The molecule has 0 saturated carbocycles. The largest absolute Gasteiger partial charge is 0.496 e. The van der Waals surface area contributed by atoms with Gasteiger partial charge >= 0.3 is 0 Å². The summed E-state index contributed by atoms with van der Waals surface area (Å²) >= 11 is 1.70. The molecular weight excluding hydrogens is 254 g/mol. The second-order valence-corrected chi connectivity index (χ2v) is 5.45. The van der Waals surface area contributed by atoms with Crippen LogP contribution in [0.15, 0.2) is 58.3 Å². The zero-order valence-corrected chi connectivity index (χ0v) is 12.1. The molecule has 2 aromatic carbocycles. The molecule has 2 N–H and O–H groups in total. The lowest BCUT2D eigenvalue weighted by Gasteiger charge is -2.11. The summed E-state index contributed by atoms with van der Waals surface area (Å²) < 4.78 is 5.36. The van der Waals surface area contributed by atoms with E-state index in [0.29, 0.717) is 0 Å². The molecular formula is C16H19NOS. The maximum absolute atomic E-state index is 6.02. The van der Waals surface area contributed by atoms with Gasteiger partial charge in [0.25, 0.3) is 0 Å². The summed E-state index contributed by atoms with van der Waals surface area (Å²) in [6.45, 7) is 2.10. The monoisotopic (exact) mass is 273 g/mol. The van der Waals surface area contributed by atoms with E-state index in [0.717, 1.165) is 17.1 Å². The standard InChI is InChI=1S/C16H19NOS/c1-3-14(17)12-8-10-13(11-9-12)19-16-7-5-4-6-15(16)18-2/h4-11,14H,3,17H2,1-2H3/t14-/m1/s1. The summed E-state index contributed by atoms with van der Waals surface area (Å²) in [5.41, 5.74) is 7.20. The Hall–Kier alpha value is -1.45. The van der Waals surface area contributed by atoms with Crippen molar-refractivity contribution in [1.29, 1.82) is 0 Å². The van der Waals surface area contributed by atoms with Gasteiger partial charge in [0.2, 0.25) is 0 Å². The fourth-order valence-electron chi connectivity index (χ4n) is 1.85. The molecule has 1 atom stereocenters. The van der Waals surface area contributed by atoms with Gasteiger partial charge in [-0.3, -0.25) is 0 Å². The lowest BCUT2D eigenvalue weighted by atomic mass is 10.1. The molecule has 0 aliphatic carbocycles. The van der Waals surface area contributed by atoms with Crippen LogP contribution < -0.4 is 10.5 Å². The third-order valence-electron chi connectivity index (χ3n) is 3.04. The van der Waals surface area contributed by atoms with Crippen molar-refractivity contribution in [2.75, 3.05) is 7.11 Å².